The van der Waals surface area contributed by atoms with Crippen LogP contribution < -0.4 is 10.6 Å². The van der Waals surface area contributed by atoms with Crippen molar-refractivity contribution in [1.82, 2.24) is 15.0 Å². The molecule has 0 saturated heterocycles. The van der Waals surface area contributed by atoms with E-state index in [0.29, 0.717) is 22.7 Å². The Kier molecular flexibility index (Phi) is 5.52. The number of nitrogens with one attached hydrogen (secondary N) is 3. The Bertz CT molecular complexity index is 1380. The van der Waals surface area contributed by atoms with Crippen LogP contribution in [-0.4, -0.2) is 26.8 Å². The molecule has 0 aliphatic heterocycles. The minimum Gasteiger partial charge on any atom is -0.337 e. The summed E-state index contributed by atoms with van der Waals surface area (Å²) >= 11 is 0. The molecule has 0 radical (unpaired) electrons. The van der Waals surface area contributed by atoms with Crippen LogP contribution in [0.4, 0.5) is 11.5 Å². The quantitative estimate of drug-likeness (QED) is 0.355. The van der Waals surface area contributed by atoms with E-state index in [2.05, 4.69) is 25.6 Å². The first-order valence-electron chi connectivity index (χ1n) is 12.3. The maximum atomic E-state index is 12.7. The first kappa shape index (κ1) is 21.5. The Morgan fingerprint density at radius 1 is 0.886 bits per heavy atom. The molecule has 6 rings (SSSR count). The van der Waals surface area contributed by atoms with E-state index in [9.17, 15) is 9.59 Å². The molecular weight excluding hydrogens is 438 g/mol. The summed E-state index contributed by atoms with van der Waals surface area (Å²) in [4.78, 5) is 37.4. The molecule has 3 atom stereocenters. The lowest BCUT2D eigenvalue weighted by Gasteiger charge is -2.43. The normalized spacial score (nSPS) is 21.1. The number of aromatic nitrogens is 3. The van der Waals surface area contributed by atoms with E-state index in [4.69, 9.17) is 0 Å². The van der Waals surface area contributed by atoms with Crippen molar-refractivity contribution in [3.8, 4) is 11.4 Å². The van der Waals surface area contributed by atoms with E-state index in [1.807, 2.05) is 42.5 Å². The summed E-state index contributed by atoms with van der Waals surface area (Å²) in [5.41, 5.74) is 3.77. The number of pyridine rings is 1. The second-order valence-electron chi connectivity index (χ2n) is 9.67. The standard InChI is InChI=1S/C28H27N5O2/c34-27(19-4-2-1-3-5-19)33-25-15-23-24(16-29-25)32-26(31-23)18-10-12-22(13-11-18)30-28(35)21-9-7-17-6-8-20(17)14-21/h1-5,10-13,15-17,20-21H,6-9,14H2,(H,30,35)(H,31,32)(H,29,33,34). The molecule has 2 aromatic heterocycles. The molecule has 0 spiro atoms. The van der Waals surface area contributed by atoms with Crippen molar-refractivity contribution in [1.29, 1.82) is 0 Å². The highest BCUT2D eigenvalue weighted by atomic mass is 16.2. The number of benzene rings is 2. The smallest absolute Gasteiger partial charge is 0.256 e. The van der Waals surface area contributed by atoms with E-state index in [1.54, 1.807) is 24.4 Å². The van der Waals surface area contributed by atoms with Crippen molar-refractivity contribution in [2.45, 2.75) is 32.1 Å². The highest BCUT2D eigenvalue weighted by Crippen LogP contribution is 2.47. The van der Waals surface area contributed by atoms with Gasteiger partial charge in [-0.1, -0.05) is 18.2 Å². The molecule has 2 amide bonds. The van der Waals surface area contributed by atoms with Gasteiger partial charge in [-0.25, -0.2) is 9.97 Å². The minimum atomic E-state index is -0.216. The number of hydrogen-bond donors (Lipinski definition) is 3. The number of hydrogen-bond acceptors (Lipinski definition) is 4. The van der Waals surface area contributed by atoms with Gasteiger partial charge in [-0.3, -0.25) is 9.59 Å². The van der Waals surface area contributed by atoms with E-state index >= 15 is 0 Å². The number of nitrogens with zero attached hydrogens (tertiary/aromatic N) is 2. The zero-order valence-electron chi connectivity index (χ0n) is 19.3. The lowest BCUT2D eigenvalue weighted by Crippen LogP contribution is -2.37. The average molecular weight is 466 g/mol. The van der Waals surface area contributed by atoms with Crippen LogP contribution in [0.15, 0.2) is 66.9 Å². The highest BCUT2D eigenvalue weighted by Gasteiger charge is 2.38. The molecule has 7 nitrogen and oxygen atoms in total. The third-order valence-corrected chi connectivity index (χ3v) is 7.49. The summed E-state index contributed by atoms with van der Waals surface area (Å²) in [6.07, 6.45) is 7.54. The molecule has 2 aromatic carbocycles. The average Bonchev–Trinajstić information content (AvgIpc) is 3.29. The Labute approximate surface area is 203 Å². The van der Waals surface area contributed by atoms with Gasteiger partial charge in [0, 0.05) is 28.8 Å². The fourth-order valence-corrected chi connectivity index (χ4v) is 5.31. The number of aromatic amines is 1. The molecule has 2 heterocycles. The summed E-state index contributed by atoms with van der Waals surface area (Å²) in [6.45, 7) is 0. The molecule has 0 bridgehead atoms. The number of amides is 2. The zero-order valence-corrected chi connectivity index (χ0v) is 19.3. The predicted molar refractivity (Wildman–Crippen MR) is 136 cm³/mol. The van der Waals surface area contributed by atoms with Crippen molar-refractivity contribution >= 4 is 34.4 Å². The van der Waals surface area contributed by atoms with Crippen LogP contribution in [0.5, 0.6) is 0 Å². The van der Waals surface area contributed by atoms with Gasteiger partial charge in [-0.15, -0.1) is 0 Å². The summed E-state index contributed by atoms with van der Waals surface area (Å²) in [7, 11) is 0. The fraction of sp³-hybridized carbons (Fsp3) is 0.286. The van der Waals surface area contributed by atoms with Gasteiger partial charge in [0.25, 0.3) is 5.91 Å². The van der Waals surface area contributed by atoms with E-state index in [1.165, 1.54) is 19.3 Å². The third-order valence-electron chi connectivity index (χ3n) is 7.49. The van der Waals surface area contributed by atoms with Crippen LogP contribution in [0.25, 0.3) is 22.4 Å². The Morgan fingerprint density at radius 3 is 2.40 bits per heavy atom. The second kappa shape index (κ2) is 8.98. The first-order valence-corrected chi connectivity index (χ1v) is 12.3. The lowest BCUT2D eigenvalue weighted by molar-refractivity contribution is -0.122. The van der Waals surface area contributed by atoms with Crippen LogP contribution in [0.3, 0.4) is 0 Å². The first-order chi connectivity index (χ1) is 17.1. The van der Waals surface area contributed by atoms with Crippen molar-refractivity contribution in [2.24, 2.45) is 17.8 Å². The summed E-state index contributed by atoms with van der Waals surface area (Å²) in [5.74, 6) is 2.84. The van der Waals surface area contributed by atoms with Gasteiger partial charge in [0.05, 0.1) is 17.2 Å². The minimum absolute atomic E-state index is 0.135. The molecule has 2 aliphatic carbocycles. The monoisotopic (exact) mass is 465 g/mol. The van der Waals surface area contributed by atoms with Gasteiger partial charge < -0.3 is 15.6 Å². The number of rotatable bonds is 5. The van der Waals surface area contributed by atoms with Gasteiger partial charge in [0.1, 0.15) is 11.6 Å². The molecule has 3 unspecified atom stereocenters. The van der Waals surface area contributed by atoms with E-state index in [-0.39, 0.29) is 17.7 Å². The van der Waals surface area contributed by atoms with Crippen molar-refractivity contribution < 1.29 is 9.59 Å². The van der Waals surface area contributed by atoms with Crippen molar-refractivity contribution in [2.75, 3.05) is 10.6 Å². The highest BCUT2D eigenvalue weighted by molar-refractivity contribution is 6.04. The van der Waals surface area contributed by atoms with Crippen LogP contribution in [0.2, 0.25) is 0 Å². The molecule has 2 saturated carbocycles. The molecule has 3 N–H and O–H groups in total. The number of anilines is 2. The van der Waals surface area contributed by atoms with Crippen LogP contribution in [0.1, 0.15) is 42.5 Å². The summed E-state index contributed by atoms with van der Waals surface area (Å²) in [5, 5.41) is 5.91. The lowest BCUT2D eigenvalue weighted by atomic mass is 9.62. The van der Waals surface area contributed by atoms with Crippen LogP contribution in [0, 0.1) is 17.8 Å². The Balaban J connectivity index is 1.13. The number of fused-ring (bicyclic) bond motifs is 2. The maximum absolute atomic E-state index is 12.7. The van der Waals surface area contributed by atoms with E-state index in [0.717, 1.165) is 41.4 Å². The Morgan fingerprint density at radius 2 is 1.66 bits per heavy atom. The van der Waals surface area contributed by atoms with Crippen LogP contribution >= 0.6 is 0 Å². The van der Waals surface area contributed by atoms with Gasteiger partial charge in [0.15, 0.2) is 0 Å². The SMILES string of the molecule is O=C(Nc1cc2nc(-c3ccc(NC(=O)C4CCC5CCC5C4)cc3)[nH]c2cn1)c1ccccc1. The fourth-order valence-electron chi connectivity index (χ4n) is 5.31. The molecule has 7 heteroatoms. The van der Waals surface area contributed by atoms with Gasteiger partial charge in [-0.05, 0) is 80.3 Å². The van der Waals surface area contributed by atoms with Crippen LogP contribution in [-0.2, 0) is 4.79 Å². The van der Waals surface area contributed by atoms with Gasteiger partial charge in [-0.2, -0.15) is 0 Å². The number of imidazole rings is 1. The van der Waals surface area contributed by atoms with E-state index < -0.39 is 0 Å². The number of carbonyl (C=O) groups excluding carboxylic acids is 2. The second-order valence-corrected chi connectivity index (χ2v) is 9.67. The molecule has 2 fully saturated rings. The molecule has 35 heavy (non-hydrogen) atoms. The zero-order chi connectivity index (χ0) is 23.8. The van der Waals surface area contributed by atoms with Crippen molar-refractivity contribution in [3.63, 3.8) is 0 Å². The predicted octanol–water partition coefficient (Wildman–Crippen LogP) is 5.64. The van der Waals surface area contributed by atoms with Crippen molar-refractivity contribution in [3.05, 3.63) is 72.4 Å². The number of carbonyl (C=O) groups is 2. The summed E-state index contributed by atoms with van der Waals surface area (Å²) in [6, 6.07) is 18.5. The topological polar surface area (TPSA) is 99.8 Å². The molecule has 176 valence electrons. The third kappa shape index (κ3) is 4.41. The molecule has 2 aliphatic rings. The Hall–Kier alpha value is -4.00. The molecular formula is C28H27N5O2. The van der Waals surface area contributed by atoms with Gasteiger partial charge in [0.2, 0.25) is 5.91 Å². The number of H-pyrrole nitrogens is 1. The molecule has 4 aromatic rings. The largest absolute Gasteiger partial charge is 0.337 e. The van der Waals surface area contributed by atoms with Gasteiger partial charge >= 0.3 is 0 Å². The maximum Gasteiger partial charge on any atom is 0.256 e. The summed E-state index contributed by atoms with van der Waals surface area (Å²) < 4.78 is 0.